The monoisotopic (exact) mass is 282 g/mol. The van der Waals surface area contributed by atoms with Gasteiger partial charge in [0.1, 0.15) is 6.54 Å². The van der Waals surface area contributed by atoms with Gasteiger partial charge in [-0.15, -0.1) is 0 Å². The van der Waals surface area contributed by atoms with Crippen LogP contribution in [0.2, 0.25) is 0 Å². The van der Waals surface area contributed by atoms with Gasteiger partial charge in [-0.1, -0.05) is 0 Å². The summed E-state index contributed by atoms with van der Waals surface area (Å²) in [5.74, 6) is -1.53. The number of nitrogens with zero attached hydrogens (tertiary/aromatic N) is 4. The lowest BCUT2D eigenvalue weighted by Crippen LogP contribution is -2.38. The molecule has 1 aliphatic rings. The molecule has 1 amide bonds. The van der Waals surface area contributed by atoms with E-state index in [9.17, 15) is 19.7 Å². The first-order chi connectivity index (χ1) is 9.47. The molecular formula is C11H14N4O5. The molecule has 2 heterocycles. The van der Waals surface area contributed by atoms with Crippen LogP contribution in [0.4, 0.5) is 5.82 Å². The summed E-state index contributed by atoms with van der Waals surface area (Å²) in [6, 6.07) is 0.914. The van der Waals surface area contributed by atoms with E-state index < -0.39 is 10.9 Å². The highest BCUT2D eigenvalue weighted by Crippen LogP contribution is 2.20. The molecule has 1 N–H and O–H groups in total. The molecule has 1 fully saturated rings. The largest absolute Gasteiger partial charge is 0.481 e. The second-order valence-corrected chi connectivity index (χ2v) is 4.61. The van der Waals surface area contributed by atoms with E-state index in [1.54, 1.807) is 0 Å². The molecule has 0 saturated carbocycles. The fourth-order valence-electron chi connectivity index (χ4n) is 2.34. The van der Waals surface area contributed by atoms with Crippen LogP contribution < -0.4 is 0 Å². The Balaban J connectivity index is 1.99. The van der Waals surface area contributed by atoms with Gasteiger partial charge in [-0.2, -0.15) is 4.68 Å². The van der Waals surface area contributed by atoms with Crippen LogP contribution in [0, 0.1) is 10.1 Å². The molecule has 1 saturated heterocycles. The van der Waals surface area contributed by atoms with E-state index in [4.69, 9.17) is 5.11 Å². The first-order valence-corrected chi connectivity index (χ1v) is 6.16. The van der Waals surface area contributed by atoms with Crippen LogP contribution in [0.15, 0.2) is 12.3 Å². The van der Waals surface area contributed by atoms with Crippen LogP contribution >= 0.6 is 0 Å². The zero-order chi connectivity index (χ0) is 14.7. The smallest absolute Gasteiger partial charge is 0.389 e. The molecule has 0 aromatic carbocycles. The Labute approximate surface area is 113 Å². The summed E-state index contributed by atoms with van der Waals surface area (Å²) in [7, 11) is 0. The average Bonchev–Trinajstić information content (AvgIpc) is 2.97. The molecule has 0 radical (unpaired) electrons. The van der Waals surface area contributed by atoms with Crippen LogP contribution in [0.3, 0.4) is 0 Å². The zero-order valence-corrected chi connectivity index (χ0v) is 10.6. The lowest BCUT2D eigenvalue weighted by Gasteiger charge is -2.22. The van der Waals surface area contributed by atoms with Crippen molar-refractivity contribution in [2.75, 3.05) is 6.54 Å². The van der Waals surface area contributed by atoms with Crippen LogP contribution in [-0.2, 0) is 16.1 Å². The predicted molar refractivity (Wildman–Crippen MR) is 65.9 cm³/mol. The number of likely N-dealkylation sites (tertiary alicyclic amines) is 1. The molecule has 9 heteroatoms. The zero-order valence-electron chi connectivity index (χ0n) is 10.6. The third-order valence-electron chi connectivity index (χ3n) is 3.22. The number of carbonyl (C=O) groups excluding carboxylic acids is 1. The molecule has 1 atom stereocenters. The van der Waals surface area contributed by atoms with Crippen LogP contribution in [0.5, 0.6) is 0 Å². The molecular weight excluding hydrogens is 268 g/mol. The first kappa shape index (κ1) is 14.0. The highest BCUT2D eigenvalue weighted by molar-refractivity contribution is 5.77. The third kappa shape index (κ3) is 3.11. The van der Waals surface area contributed by atoms with Gasteiger partial charge in [0.25, 0.3) is 0 Å². The third-order valence-corrected chi connectivity index (χ3v) is 3.22. The number of rotatable bonds is 5. The van der Waals surface area contributed by atoms with E-state index in [1.165, 1.54) is 21.8 Å². The SMILES string of the molecule is O=C(O)CC1CCCN1C(=O)Cn1ccc([N+](=O)[O-])n1. The normalized spacial score (nSPS) is 18.2. The average molecular weight is 282 g/mol. The molecule has 0 bridgehead atoms. The van der Waals surface area contributed by atoms with Crippen molar-refractivity contribution < 1.29 is 19.6 Å². The highest BCUT2D eigenvalue weighted by atomic mass is 16.6. The van der Waals surface area contributed by atoms with Gasteiger partial charge in [0.2, 0.25) is 5.91 Å². The predicted octanol–water partition coefficient (Wildman–Crippen LogP) is 0.257. The minimum atomic E-state index is -0.940. The molecule has 9 nitrogen and oxygen atoms in total. The molecule has 2 rings (SSSR count). The summed E-state index contributed by atoms with van der Waals surface area (Å²) in [6.45, 7) is 0.393. The maximum atomic E-state index is 12.1. The maximum Gasteiger partial charge on any atom is 0.389 e. The highest BCUT2D eigenvalue weighted by Gasteiger charge is 2.30. The molecule has 20 heavy (non-hydrogen) atoms. The van der Waals surface area contributed by atoms with Crippen molar-refractivity contribution in [1.82, 2.24) is 14.7 Å². The number of hydrogen-bond donors (Lipinski definition) is 1. The van der Waals surface area contributed by atoms with E-state index in [0.29, 0.717) is 13.0 Å². The topological polar surface area (TPSA) is 119 Å². The standard InChI is InChI=1S/C11H14N4O5/c16-10(7-13-5-3-9(12-13)15(19)20)14-4-1-2-8(14)6-11(17)18/h3,5,8H,1-2,4,6-7H2,(H,17,18). The molecule has 1 aromatic heterocycles. The van der Waals surface area contributed by atoms with Crippen molar-refractivity contribution in [3.8, 4) is 0 Å². The van der Waals surface area contributed by atoms with E-state index in [0.717, 1.165) is 6.42 Å². The lowest BCUT2D eigenvalue weighted by atomic mass is 10.1. The number of aromatic nitrogens is 2. The van der Waals surface area contributed by atoms with Gasteiger partial charge in [0.05, 0.1) is 23.8 Å². The Bertz CT molecular complexity index is 541. The van der Waals surface area contributed by atoms with Crippen molar-refractivity contribution in [3.05, 3.63) is 22.4 Å². The summed E-state index contributed by atoms with van der Waals surface area (Å²) < 4.78 is 1.19. The lowest BCUT2D eigenvalue weighted by molar-refractivity contribution is -0.389. The second-order valence-electron chi connectivity index (χ2n) is 4.61. The van der Waals surface area contributed by atoms with Gasteiger partial charge in [-0.25, -0.2) is 0 Å². The van der Waals surface area contributed by atoms with Crippen molar-refractivity contribution in [2.45, 2.75) is 31.8 Å². The molecule has 1 unspecified atom stereocenters. The Morgan fingerprint density at radius 2 is 2.30 bits per heavy atom. The van der Waals surface area contributed by atoms with E-state index in [2.05, 4.69) is 5.10 Å². The fraction of sp³-hybridized carbons (Fsp3) is 0.545. The maximum absolute atomic E-state index is 12.1. The van der Waals surface area contributed by atoms with E-state index >= 15 is 0 Å². The Hall–Kier alpha value is -2.45. The number of carboxylic acid groups (broad SMARTS) is 1. The quantitative estimate of drug-likeness (QED) is 0.611. The number of hydrogen-bond acceptors (Lipinski definition) is 5. The van der Waals surface area contributed by atoms with Gasteiger partial charge >= 0.3 is 11.8 Å². The van der Waals surface area contributed by atoms with Crippen molar-refractivity contribution in [1.29, 1.82) is 0 Å². The first-order valence-electron chi connectivity index (χ1n) is 6.16. The Morgan fingerprint density at radius 3 is 2.90 bits per heavy atom. The van der Waals surface area contributed by atoms with Gasteiger partial charge in [0, 0.05) is 12.6 Å². The van der Waals surface area contributed by atoms with Crippen molar-refractivity contribution in [2.24, 2.45) is 0 Å². The summed E-state index contributed by atoms with van der Waals surface area (Å²) in [4.78, 5) is 34.2. The summed E-state index contributed by atoms with van der Waals surface area (Å²) >= 11 is 0. The molecule has 108 valence electrons. The van der Waals surface area contributed by atoms with Crippen molar-refractivity contribution >= 4 is 17.7 Å². The summed E-state index contributed by atoms with van der Waals surface area (Å²) in [5.41, 5.74) is 0. The minimum absolute atomic E-state index is 0.0784. The van der Waals surface area contributed by atoms with Gasteiger partial charge in [0.15, 0.2) is 0 Å². The number of nitro groups is 1. The fourth-order valence-corrected chi connectivity index (χ4v) is 2.34. The van der Waals surface area contributed by atoms with Gasteiger partial charge in [-0.05, 0) is 17.8 Å². The number of aliphatic carboxylic acids is 1. The molecule has 0 spiro atoms. The summed E-state index contributed by atoms with van der Waals surface area (Å²) in [5, 5.41) is 23.0. The second kappa shape index (κ2) is 5.68. The minimum Gasteiger partial charge on any atom is -0.481 e. The summed E-state index contributed by atoms with van der Waals surface area (Å²) in [6.07, 6.45) is 2.71. The number of carboxylic acids is 1. The van der Waals surface area contributed by atoms with E-state index in [-0.39, 0.29) is 30.7 Å². The number of amides is 1. The van der Waals surface area contributed by atoms with Gasteiger partial charge < -0.3 is 20.1 Å². The van der Waals surface area contributed by atoms with Crippen LogP contribution in [0.1, 0.15) is 19.3 Å². The van der Waals surface area contributed by atoms with Crippen LogP contribution in [-0.4, -0.2) is 49.2 Å². The van der Waals surface area contributed by atoms with Gasteiger partial charge in [-0.3, -0.25) is 9.59 Å². The Morgan fingerprint density at radius 1 is 1.55 bits per heavy atom. The van der Waals surface area contributed by atoms with Crippen molar-refractivity contribution in [3.63, 3.8) is 0 Å². The molecule has 0 aliphatic carbocycles. The molecule has 1 aromatic rings. The Kier molecular flexibility index (Phi) is 3.97. The van der Waals surface area contributed by atoms with Crippen LogP contribution in [0.25, 0.3) is 0 Å². The number of carbonyl (C=O) groups is 2. The molecule has 1 aliphatic heterocycles. The van der Waals surface area contributed by atoms with E-state index in [1.807, 2.05) is 0 Å².